The van der Waals surface area contributed by atoms with Crippen LogP contribution in [0.4, 0.5) is 34.1 Å². The van der Waals surface area contributed by atoms with Crippen molar-refractivity contribution in [2.24, 2.45) is 0 Å². The van der Waals surface area contributed by atoms with Crippen LogP contribution in [0.25, 0.3) is 151 Å². The predicted molar refractivity (Wildman–Crippen MR) is 464 cm³/mol. The van der Waals surface area contributed by atoms with Crippen LogP contribution in [0.5, 0.6) is 0 Å². The number of thiophene rings is 2. The first-order valence-electron chi connectivity index (χ1n) is 36.8. The van der Waals surface area contributed by atoms with Crippen molar-refractivity contribution in [2.75, 3.05) is 9.80 Å². The average molecular weight is 1410 g/mol. The molecule has 0 unspecified atom stereocenters. The molecule has 0 N–H and O–H groups in total. The molecule has 21 rings (SSSR count). The fourth-order valence-corrected chi connectivity index (χ4v) is 18.6. The van der Waals surface area contributed by atoms with Gasteiger partial charge in [0.15, 0.2) is 0 Å². The summed E-state index contributed by atoms with van der Waals surface area (Å²) >= 11 is 3.78. The number of benzene rings is 17. The molecule has 0 bridgehead atoms. The van der Waals surface area contributed by atoms with E-state index in [9.17, 15) is 0 Å². The lowest BCUT2D eigenvalue weighted by Crippen LogP contribution is -2.10. The minimum absolute atomic E-state index is 1.11. The van der Waals surface area contributed by atoms with Gasteiger partial charge in [-0.15, -0.1) is 22.7 Å². The lowest BCUT2D eigenvalue weighted by molar-refractivity contribution is 1.19. The van der Waals surface area contributed by atoms with Crippen LogP contribution >= 0.6 is 22.7 Å². The maximum absolute atomic E-state index is 2.48. The van der Waals surface area contributed by atoms with Crippen LogP contribution in [0.3, 0.4) is 0 Å². The van der Waals surface area contributed by atoms with E-state index in [1.165, 1.54) is 151 Å². The Kier molecular flexibility index (Phi) is 16.3. The van der Waals surface area contributed by atoms with Crippen molar-refractivity contribution in [3.63, 3.8) is 0 Å². The lowest BCUT2D eigenvalue weighted by atomic mass is 10.0. The van der Waals surface area contributed by atoms with E-state index < -0.39 is 0 Å². The number of fused-ring (bicyclic) bond motifs is 14. The Morgan fingerprint density at radius 1 is 0.194 bits per heavy atom. The molecule has 0 radical (unpaired) electrons. The first-order valence-corrected chi connectivity index (χ1v) is 38.4. The van der Waals surface area contributed by atoms with Gasteiger partial charge in [0.05, 0.1) is 42.8 Å². The molecule has 4 aromatic heterocycles. The van der Waals surface area contributed by atoms with Crippen LogP contribution in [0.1, 0.15) is 0 Å². The molecule has 0 amide bonds. The van der Waals surface area contributed by atoms with E-state index >= 15 is 0 Å². The highest BCUT2D eigenvalue weighted by Gasteiger charge is 2.28. The van der Waals surface area contributed by atoms with Crippen molar-refractivity contribution in [3.05, 3.63) is 413 Å². The fraction of sp³-hybridized carbons (Fsp3) is 0. The Bertz CT molecular complexity index is 6670. The minimum Gasteiger partial charge on any atom is -0.310 e. The minimum atomic E-state index is 1.11. The molecule has 0 aliphatic rings. The van der Waals surface area contributed by atoms with Crippen molar-refractivity contribution in [1.29, 1.82) is 0 Å². The van der Waals surface area contributed by atoms with Gasteiger partial charge in [0.1, 0.15) is 0 Å². The lowest BCUT2D eigenvalue weighted by Gasteiger charge is -2.27. The van der Waals surface area contributed by atoms with Gasteiger partial charge < -0.3 is 18.9 Å². The summed E-state index contributed by atoms with van der Waals surface area (Å²) in [5.74, 6) is 0. The first-order chi connectivity index (χ1) is 53.6. The van der Waals surface area contributed by atoms with Crippen molar-refractivity contribution in [1.82, 2.24) is 9.13 Å². The molecular formula is C102H68N4S2. The third-order valence-corrected chi connectivity index (χ3v) is 23.5. The zero-order chi connectivity index (χ0) is 71.4. The number of aromatic nitrogens is 2. The Morgan fingerprint density at radius 3 is 0.750 bits per heavy atom. The average Bonchev–Trinajstić information content (AvgIpc) is 1.55. The standard InChI is InChI=1S/C54H36N2S.C48H32N2S/c1-4-14-37(15-5-1)40-24-30-43(31-25-40)55(44-32-26-41(27-33-44)38-16-6-2-7-17-38)50-36-48-46-20-10-12-22-49(46)56(45-34-28-42(29-35-45)39-18-8-3-9-19-39)53(48)54-52(50)47-21-11-13-23-51(47)57-54;1-4-14-33(15-5-1)35-24-28-38(29-25-35)49(39-30-26-36(27-31-39)34-16-6-2-7-17-34)44-32-42-40-20-10-12-22-43(40)50(37-18-8-3-9-19-37)47(42)48-46(44)41-21-11-13-23-45(41)51-48/h1-36H;1-32H. The predicted octanol–water partition coefficient (Wildman–Crippen LogP) is 29.6. The van der Waals surface area contributed by atoms with E-state index in [0.717, 1.165) is 34.1 Å². The highest BCUT2D eigenvalue weighted by molar-refractivity contribution is 7.27. The third kappa shape index (κ3) is 11.4. The molecule has 17 aromatic carbocycles. The smallest absolute Gasteiger partial charge is 0.0721 e. The van der Waals surface area contributed by atoms with Crippen molar-refractivity contribution in [3.8, 4) is 67.0 Å². The Morgan fingerprint density at radius 2 is 0.435 bits per heavy atom. The van der Waals surface area contributed by atoms with Crippen LogP contribution in [-0.4, -0.2) is 9.13 Å². The van der Waals surface area contributed by atoms with E-state index in [-0.39, 0.29) is 0 Å². The van der Waals surface area contributed by atoms with Crippen molar-refractivity contribution < 1.29 is 0 Å². The van der Waals surface area contributed by atoms with Gasteiger partial charge in [0, 0.05) is 86.6 Å². The topological polar surface area (TPSA) is 16.3 Å². The summed E-state index contributed by atoms with van der Waals surface area (Å²) in [6, 6.07) is 149. The molecule has 0 saturated heterocycles. The molecular weight excluding hydrogens is 1350 g/mol. The number of hydrogen-bond acceptors (Lipinski definition) is 4. The molecule has 21 aromatic rings. The second-order valence-corrected chi connectivity index (χ2v) is 29.6. The second kappa shape index (κ2) is 27.5. The maximum Gasteiger partial charge on any atom is 0.0721 e. The van der Waals surface area contributed by atoms with Gasteiger partial charge in [-0.2, -0.15) is 0 Å². The SMILES string of the molecule is c1ccc(-c2ccc(N(c3ccc(-c4ccccc4)cc3)c3cc4c5ccccc5n(-c5ccc(-c6ccccc6)cc5)c4c4sc5ccccc5c34)cc2)cc1.c1ccc(-c2ccc(N(c3ccc(-c4ccccc4)cc3)c3cc4c5ccccc5n(-c5ccccc5)c4c4sc5ccccc5c34)cc2)cc1. The summed E-state index contributed by atoms with van der Waals surface area (Å²) in [6.07, 6.45) is 0. The molecule has 0 saturated carbocycles. The van der Waals surface area contributed by atoms with Crippen molar-refractivity contribution >= 4 is 141 Å². The summed E-state index contributed by atoms with van der Waals surface area (Å²) in [7, 11) is 0. The van der Waals surface area contributed by atoms with Crippen LogP contribution in [-0.2, 0) is 0 Å². The first kappa shape index (κ1) is 64.0. The normalized spacial score (nSPS) is 11.5. The van der Waals surface area contributed by atoms with Crippen molar-refractivity contribution in [2.45, 2.75) is 0 Å². The Balaban J connectivity index is 0.000000143. The summed E-state index contributed by atoms with van der Waals surface area (Å²) in [5, 5.41) is 10.0. The summed E-state index contributed by atoms with van der Waals surface area (Å²) in [6.45, 7) is 0. The highest BCUT2D eigenvalue weighted by Crippen LogP contribution is 2.53. The van der Waals surface area contributed by atoms with Crippen LogP contribution in [0.2, 0.25) is 0 Å². The van der Waals surface area contributed by atoms with E-state index in [1.54, 1.807) is 0 Å². The Labute approximate surface area is 634 Å². The number of anilines is 6. The van der Waals surface area contributed by atoms with Gasteiger partial charge in [-0.05, 0) is 165 Å². The van der Waals surface area contributed by atoms with Gasteiger partial charge in [-0.25, -0.2) is 0 Å². The molecule has 0 spiro atoms. The second-order valence-electron chi connectivity index (χ2n) is 27.5. The molecule has 0 aliphatic carbocycles. The molecule has 4 heterocycles. The molecule has 508 valence electrons. The molecule has 4 nitrogen and oxygen atoms in total. The maximum atomic E-state index is 2.48. The zero-order valence-corrected chi connectivity index (χ0v) is 60.5. The highest BCUT2D eigenvalue weighted by atomic mass is 32.1. The monoisotopic (exact) mass is 1410 g/mol. The quantitative estimate of drug-likeness (QED) is 0.114. The number of nitrogens with zero attached hydrogens (tertiary/aromatic N) is 4. The largest absolute Gasteiger partial charge is 0.310 e. The fourth-order valence-electron chi connectivity index (χ4n) is 16.1. The molecule has 0 fully saturated rings. The van der Waals surface area contributed by atoms with Gasteiger partial charge in [-0.3, -0.25) is 0 Å². The van der Waals surface area contributed by atoms with Gasteiger partial charge in [-0.1, -0.05) is 303 Å². The summed E-state index contributed by atoms with van der Waals surface area (Å²) in [5.41, 5.74) is 26.1. The molecule has 108 heavy (non-hydrogen) atoms. The molecule has 0 atom stereocenters. The van der Waals surface area contributed by atoms with Crippen LogP contribution in [0.15, 0.2) is 413 Å². The van der Waals surface area contributed by atoms with E-state index in [4.69, 9.17) is 0 Å². The van der Waals surface area contributed by atoms with Gasteiger partial charge >= 0.3 is 0 Å². The van der Waals surface area contributed by atoms with Crippen LogP contribution in [0, 0.1) is 0 Å². The number of para-hydroxylation sites is 3. The van der Waals surface area contributed by atoms with Crippen LogP contribution < -0.4 is 9.80 Å². The van der Waals surface area contributed by atoms with Gasteiger partial charge in [0.2, 0.25) is 0 Å². The van der Waals surface area contributed by atoms with E-state index in [1.807, 2.05) is 22.7 Å². The van der Waals surface area contributed by atoms with E-state index in [0.29, 0.717) is 0 Å². The Hall–Kier alpha value is -13.6. The number of rotatable bonds is 13. The summed E-state index contributed by atoms with van der Waals surface area (Å²) < 4.78 is 10.1. The van der Waals surface area contributed by atoms with E-state index in [2.05, 4.69) is 431 Å². The van der Waals surface area contributed by atoms with Gasteiger partial charge in [0.25, 0.3) is 0 Å². The zero-order valence-electron chi connectivity index (χ0n) is 58.9. The third-order valence-electron chi connectivity index (χ3n) is 21.2. The summed E-state index contributed by atoms with van der Waals surface area (Å²) in [4.78, 5) is 4.92. The molecule has 0 aliphatic heterocycles. The molecule has 6 heteroatoms. The number of hydrogen-bond donors (Lipinski definition) is 0.